The minimum atomic E-state index is 0.185. The number of ether oxygens (including phenoxy) is 1. The molecule has 0 aliphatic heterocycles. The van der Waals surface area contributed by atoms with Crippen molar-refractivity contribution in [2.45, 2.75) is 33.9 Å². The van der Waals surface area contributed by atoms with E-state index in [-0.39, 0.29) is 5.41 Å². The molecule has 0 radical (unpaired) electrons. The van der Waals surface area contributed by atoms with E-state index >= 15 is 0 Å². The first-order valence-corrected chi connectivity index (χ1v) is 4.98. The lowest BCUT2D eigenvalue weighted by atomic mass is 9.97. The maximum atomic E-state index is 5.14. The summed E-state index contributed by atoms with van der Waals surface area (Å²) in [6.45, 7) is 7.83. The summed E-state index contributed by atoms with van der Waals surface area (Å²) >= 11 is 5.14. The van der Waals surface area contributed by atoms with Crippen LogP contribution >= 0.6 is 12.2 Å². The van der Waals surface area contributed by atoms with Crippen LogP contribution < -0.4 is 0 Å². The highest BCUT2D eigenvalue weighted by Crippen LogP contribution is 2.17. The van der Waals surface area contributed by atoms with Crippen molar-refractivity contribution in [3.63, 3.8) is 0 Å². The van der Waals surface area contributed by atoms with Crippen LogP contribution in [0.5, 0.6) is 0 Å². The Bertz CT molecular complexity index is 348. The predicted molar refractivity (Wildman–Crippen MR) is 57.6 cm³/mol. The quantitative estimate of drug-likeness (QED) is 0.785. The van der Waals surface area contributed by atoms with Crippen molar-refractivity contribution < 1.29 is 4.74 Å². The van der Waals surface area contributed by atoms with Crippen LogP contribution in [0.3, 0.4) is 0 Å². The van der Waals surface area contributed by atoms with E-state index < -0.39 is 0 Å². The van der Waals surface area contributed by atoms with Crippen LogP contribution in [0.1, 0.15) is 26.6 Å². The minimum Gasteiger partial charge on any atom is -0.377 e. The van der Waals surface area contributed by atoms with Gasteiger partial charge in [0.25, 0.3) is 0 Å². The Morgan fingerprint density at radius 3 is 2.64 bits per heavy atom. The van der Waals surface area contributed by atoms with Crippen LogP contribution in [-0.2, 0) is 17.9 Å². The van der Waals surface area contributed by atoms with Gasteiger partial charge in [-0.25, -0.2) is 0 Å². The summed E-state index contributed by atoms with van der Waals surface area (Å²) < 4.78 is 7.69. The molecule has 0 unspecified atom stereocenters. The zero-order valence-electron chi connectivity index (χ0n) is 9.13. The fourth-order valence-corrected chi connectivity index (χ4v) is 1.44. The van der Waals surface area contributed by atoms with Crippen molar-refractivity contribution in [3.05, 3.63) is 10.6 Å². The van der Waals surface area contributed by atoms with Gasteiger partial charge in [-0.1, -0.05) is 20.8 Å². The number of hydrogen-bond donors (Lipinski definition) is 1. The van der Waals surface area contributed by atoms with Gasteiger partial charge in [0, 0.05) is 13.7 Å². The summed E-state index contributed by atoms with van der Waals surface area (Å²) in [5, 5.41) is 6.89. The van der Waals surface area contributed by atoms with E-state index in [1.807, 2.05) is 4.57 Å². The third-order valence-electron chi connectivity index (χ3n) is 1.74. The van der Waals surface area contributed by atoms with Crippen LogP contribution in [0, 0.1) is 10.2 Å². The molecule has 0 amide bonds. The molecule has 0 saturated carbocycles. The van der Waals surface area contributed by atoms with Crippen LogP contribution in [0.25, 0.3) is 0 Å². The van der Waals surface area contributed by atoms with E-state index in [0.717, 1.165) is 12.4 Å². The van der Waals surface area contributed by atoms with Gasteiger partial charge in [0.15, 0.2) is 10.6 Å². The molecule has 1 aromatic heterocycles. The van der Waals surface area contributed by atoms with Gasteiger partial charge in [-0.2, -0.15) is 5.10 Å². The summed E-state index contributed by atoms with van der Waals surface area (Å²) in [5.41, 5.74) is 0.185. The number of nitrogens with one attached hydrogen (secondary N) is 1. The molecule has 1 rings (SSSR count). The first-order chi connectivity index (χ1) is 6.44. The van der Waals surface area contributed by atoms with Gasteiger partial charge < -0.3 is 9.30 Å². The molecule has 0 atom stereocenters. The molecule has 1 heterocycles. The second kappa shape index (κ2) is 4.23. The monoisotopic (exact) mass is 215 g/mol. The zero-order chi connectivity index (χ0) is 10.8. The second-order valence-corrected chi connectivity index (χ2v) is 4.91. The number of H-pyrrole nitrogens is 1. The molecule has 0 fully saturated rings. The average molecular weight is 215 g/mol. The lowest BCUT2D eigenvalue weighted by Gasteiger charge is -2.19. The molecule has 0 saturated heterocycles. The van der Waals surface area contributed by atoms with E-state index in [1.165, 1.54) is 0 Å². The van der Waals surface area contributed by atoms with Gasteiger partial charge in [-0.3, -0.25) is 5.10 Å². The van der Waals surface area contributed by atoms with Gasteiger partial charge in [-0.15, -0.1) is 0 Å². The maximum absolute atomic E-state index is 5.14. The molecule has 14 heavy (non-hydrogen) atoms. The number of nitrogens with zero attached hydrogens (tertiary/aromatic N) is 2. The highest BCUT2D eigenvalue weighted by atomic mass is 32.1. The van der Waals surface area contributed by atoms with Gasteiger partial charge >= 0.3 is 0 Å². The van der Waals surface area contributed by atoms with Crippen LogP contribution in [0.4, 0.5) is 0 Å². The Morgan fingerprint density at radius 1 is 1.50 bits per heavy atom. The Balaban J connectivity index is 2.94. The molecule has 0 bridgehead atoms. The molecule has 0 spiro atoms. The Hall–Kier alpha value is -0.680. The number of methoxy groups -OCH3 is 1. The second-order valence-electron chi connectivity index (χ2n) is 4.52. The first-order valence-electron chi connectivity index (χ1n) is 4.57. The highest BCUT2D eigenvalue weighted by molar-refractivity contribution is 7.71. The topological polar surface area (TPSA) is 42.8 Å². The largest absolute Gasteiger partial charge is 0.377 e. The van der Waals surface area contributed by atoms with Gasteiger partial charge in [0.1, 0.15) is 6.61 Å². The molecular weight excluding hydrogens is 198 g/mol. The average Bonchev–Trinajstić information content (AvgIpc) is 2.34. The van der Waals surface area contributed by atoms with E-state index in [9.17, 15) is 0 Å². The molecule has 5 heteroatoms. The number of aromatic nitrogens is 3. The van der Waals surface area contributed by atoms with Gasteiger partial charge in [0.05, 0.1) is 0 Å². The Morgan fingerprint density at radius 2 is 2.14 bits per heavy atom. The molecule has 80 valence electrons. The molecule has 0 aliphatic rings. The van der Waals surface area contributed by atoms with E-state index in [0.29, 0.717) is 11.4 Å². The Labute approximate surface area is 89.3 Å². The predicted octanol–water partition coefficient (Wildman–Crippen LogP) is 2.13. The van der Waals surface area contributed by atoms with E-state index in [4.69, 9.17) is 17.0 Å². The van der Waals surface area contributed by atoms with Crippen molar-refractivity contribution >= 4 is 12.2 Å². The van der Waals surface area contributed by atoms with Crippen molar-refractivity contribution in [1.29, 1.82) is 0 Å². The maximum Gasteiger partial charge on any atom is 0.195 e. The third kappa shape index (κ3) is 2.92. The zero-order valence-corrected chi connectivity index (χ0v) is 9.94. The summed E-state index contributed by atoms with van der Waals surface area (Å²) in [7, 11) is 1.65. The van der Waals surface area contributed by atoms with Crippen molar-refractivity contribution in [3.8, 4) is 0 Å². The van der Waals surface area contributed by atoms with Crippen molar-refractivity contribution in [2.24, 2.45) is 5.41 Å². The fourth-order valence-electron chi connectivity index (χ4n) is 1.23. The number of hydrogen-bond acceptors (Lipinski definition) is 3. The van der Waals surface area contributed by atoms with Gasteiger partial charge in [0.2, 0.25) is 0 Å². The number of rotatable bonds is 3. The van der Waals surface area contributed by atoms with Gasteiger partial charge in [-0.05, 0) is 17.6 Å². The third-order valence-corrected chi connectivity index (χ3v) is 2.05. The van der Waals surface area contributed by atoms with Crippen LogP contribution in [0.15, 0.2) is 0 Å². The summed E-state index contributed by atoms with van der Waals surface area (Å²) in [6.07, 6.45) is 0. The van der Waals surface area contributed by atoms with Crippen LogP contribution in [-0.4, -0.2) is 21.9 Å². The molecule has 4 nitrogen and oxygen atoms in total. The smallest absolute Gasteiger partial charge is 0.195 e. The lowest BCUT2D eigenvalue weighted by Crippen LogP contribution is -2.18. The Kier molecular flexibility index (Phi) is 3.44. The lowest BCUT2D eigenvalue weighted by molar-refractivity contribution is 0.170. The molecule has 0 aliphatic carbocycles. The van der Waals surface area contributed by atoms with Crippen molar-refractivity contribution in [2.75, 3.05) is 7.11 Å². The molecule has 1 aromatic rings. The van der Waals surface area contributed by atoms with Crippen LogP contribution in [0.2, 0.25) is 0 Å². The number of aromatic amines is 1. The molecular formula is C9H17N3OS. The fraction of sp³-hybridized carbons (Fsp3) is 0.778. The highest BCUT2D eigenvalue weighted by Gasteiger charge is 2.15. The molecule has 1 N–H and O–H groups in total. The SMILES string of the molecule is COCc1n[nH]c(=S)n1CC(C)(C)C. The summed E-state index contributed by atoms with van der Waals surface area (Å²) in [4.78, 5) is 0. The minimum absolute atomic E-state index is 0.185. The van der Waals surface area contributed by atoms with Crippen molar-refractivity contribution in [1.82, 2.24) is 14.8 Å². The molecule has 0 aromatic carbocycles. The van der Waals surface area contributed by atoms with E-state index in [2.05, 4.69) is 31.0 Å². The standard InChI is InChI=1S/C9H17N3OS/c1-9(2,3)6-12-7(5-13-4)10-11-8(12)14/h5-6H2,1-4H3,(H,11,14). The van der Waals surface area contributed by atoms with E-state index in [1.54, 1.807) is 7.11 Å². The summed E-state index contributed by atoms with van der Waals surface area (Å²) in [5.74, 6) is 0.854. The first kappa shape index (κ1) is 11.4. The normalized spacial score (nSPS) is 12.0. The summed E-state index contributed by atoms with van der Waals surface area (Å²) in [6, 6.07) is 0.